The maximum absolute atomic E-state index is 12.8. The van der Waals surface area contributed by atoms with Crippen LogP contribution in [0.1, 0.15) is 62.5 Å². The van der Waals surface area contributed by atoms with Crippen molar-refractivity contribution in [3.63, 3.8) is 0 Å². The number of nitrogens with one attached hydrogen (secondary N) is 1. The first-order valence-electron chi connectivity index (χ1n) is 10.5. The number of nitrogens with zero attached hydrogens (tertiary/aromatic N) is 1. The topological polar surface area (TPSA) is 94.3 Å². The molecule has 0 radical (unpaired) electrons. The van der Waals surface area contributed by atoms with E-state index in [0.717, 1.165) is 30.5 Å². The van der Waals surface area contributed by atoms with Crippen LogP contribution >= 0.6 is 11.3 Å². The molecule has 1 heterocycles. The lowest BCUT2D eigenvalue weighted by molar-refractivity contribution is 0.0994. The standard InChI is InChI=1S/C24H25N3O3S/c25-22(28)18-10-5-6-12-20(18)30-15-16-8-7-9-17(14-16)23(29)27-24-26-19-11-3-1-2-4-13-21(19)31-24/h5-10,12,14H,1-4,11,13,15H2,(H2,25,28)(H,26,27,29). The molecule has 0 bridgehead atoms. The summed E-state index contributed by atoms with van der Waals surface area (Å²) in [5, 5.41) is 3.61. The molecule has 3 N–H and O–H groups in total. The molecule has 3 aromatic rings. The lowest BCUT2D eigenvalue weighted by Crippen LogP contribution is -2.13. The van der Waals surface area contributed by atoms with Crippen molar-refractivity contribution in [2.24, 2.45) is 5.73 Å². The summed E-state index contributed by atoms with van der Waals surface area (Å²) in [4.78, 5) is 30.3. The molecule has 0 atom stereocenters. The molecule has 0 spiro atoms. The number of aryl methyl sites for hydroxylation is 2. The summed E-state index contributed by atoms with van der Waals surface area (Å²) in [7, 11) is 0. The Balaban J connectivity index is 1.43. The van der Waals surface area contributed by atoms with Gasteiger partial charge in [0.2, 0.25) is 0 Å². The molecule has 4 rings (SSSR count). The molecular weight excluding hydrogens is 410 g/mol. The maximum atomic E-state index is 12.8. The van der Waals surface area contributed by atoms with E-state index in [-0.39, 0.29) is 12.5 Å². The van der Waals surface area contributed by atoms with Gasteiger partial charge in [-0.15, -0.1) is 11.3 Å². The number of hydrogen-bond donors (Lipinski definition) is 2. The number of para-hydroxylation sites is 1. The summed E-state index contributed by atoms with van der Waals surface area (Å²) < 4.78 is 5.77. The van der Waals surface area contributed by atoms with E-state index in [1.165, 1.54) is 24.1 Å². The Kier molecular flexibility index (Phi) is 6.62. The van der Waals surface area contributed by atoms with Crippen molar-refractivity contribution in [3.8, 4) is 5.75 Å². The van der Waals surface area contributed by atoms with Gasteiger partial charge in [-0.25, -0.2) is 4.98 Å². The normalized spacial score (nSPS) is 13.5. The second-order valence-corrected chi connectivity index (χ2v) is 8.69. The van der Waals surface area contributed by atoms with E-state index in [0.29, 0.717) is 22.0 Å². The Labute approximate surface area is 185 Å². The Morgan fingerprint density at radius 2 is 1.84 bits per heavy atom. The van der Waals surface area contributed by atoms with Crippen LogP contribution in [0.2, 0.25) is 0 Å². The highest BCUT2D eigenvalue weighted by molar-refractivity contribution is 7.15. The molecule has 1 aromatic heterocycles. The third kappa shape index (κ3) is 5.30. The number of carbonyl (C=O) groups excluding carboxylic acids is 2. The minimum Gasteiger partial charge on any atom is -0.488 e. The molecule has 160 valence electrons. The lowest BCUT2D eigenvalue weighted by atomic mass is 10.0. The van der Waals surface area contributed by atoms with Gasteiger partial charge in [-0.3, -0.25) is 14.9 Å². The molecule has 31 heavy (non-hydrogen) atoms. The van der Waals surface area contributed by atoms with Crippen LogP contribution in [0.4, 0.5) is 5.13 Å². The molecule has 1 aliphatic carbocycles. The minimum atomic E-state index is -0.540. The third-order valence-corrected chi connectivity index (χ3v) is 6.38. The predicted octanol–water partition coefficient (Wildman–Crippen LogP) is 4.73. The fraction of sp³-hybridized carbons (Fsp3) is 0.292. The van der Waals surface area contributed by atoms with Crippen molar-refractivity contribution in [2.45, 2.75) is 45.1 Å². The average molecular weight is 436 g/mol. The van der Waals surface area contributed by atoms with E-state index in [9.17, 15) is 9.59 Å². The summed E-state index contributed by atoms with van der Waals surface area (Å²) >= 11 is 1.59. The van der Waals surface area contributed by atoms with Gasteiger partial charge in [0.25, 0.3) is 11.8 Å². The van der Waals surface area contributed by atoms with Gasteiger partial charge in [0, 0.05) is 10.4 Å². The van der Waals surface area contributed by atoms with Crippen LogP contribution in [0.15, 0.2) is 48.5 Å². The Morgan fingerprint density at radius 1 is 1.03 bits per heavy atom. The number of hydrogen-bond acceptors (Lipinski definition) is 5. The number of fused-ring (bicyclic) bond motifs is 1. The number of amides is 2. The Morgan fingerprint density at radius 3 is 2.68 bits per heavy atom. The lowest BCUT2D eigenvalue weighted by Gasteiger charge is -2.10. The van der Waals surface area contributed by atoms with Gasteiger partial charge in [0.05, 0.1) is 11.3 Å². The summed E-state index contributed by atoms with van der Waals surface area (Å²) in [6.45, 7) is 0.219. The van der Waals surface area contributed by atoms with Crippen LogP contribution in [0.25, 0.3) is 0 Å². The molecule has 0 saturated carbocycles. The van der Waals surface area contributed by atoms with E-state index in [4.69, 9.17) is 10.5 Å². The summed E-state index contributed by atoms with van der Waals surface area (Å²) in [6.07, 6.45) is 6.88. The van der Waals surface area contributed by atoms with Gasteiger partial charge in [-0.05, 0) is 55.5 Å². The monoisotopic (exact) mass is 435 g/mol. The second-order valence-electron chi connectivity index (χ2n) is 7.61. The number of nitrogens with two attached hydrogens (primary N) is 1. The quantitative estimate of drug-likeness (QED) is 0.585. The molecule has 0 unspecified atom stereocenters. The first kappa shape index (κ1) is 21.1. The molecule has 2 amide bonds. The average Bonchev–Trinajstić information content (AvgIpc) is 3.12. The van der Waals surface area contributed by atoms with Gasteiger partial charge >= 0.3 is 0 Å². The first-order chi connectivity index (χ1) is 15.1. The fourth-order valence-corrected chi connectivity index (χ4v) is 4.73. The minimum absolute atomic E-state index is 0.193. The zero-order valence-corrected chi connectivity index (χ0v) is 18.0. The number of aromatic nitrogens is 1. The van der Waals surface area contributed by atoms with Crippen LogP contribution in [0.3, 0.4) is 0 Å². The van der Waals surface area contributed by atoms with Crippen LogP contribution in [-0.2, 0) is 19.4 Å². The Bertz CT molecular complexity index is 1070. The third-order valence-electron chi connectivity index (χ3n) is 5.30. The highest BCUT2D eigenvalue weighted by Gasteiger charge is 2.16. The van der Waals surface area contributed by atoms with E-state index < -0.39 is 5.91 Å². The number of ether oxygens (including phenoxy) is 1. The van der Waals surface area contributed by atoms with Crippen molar-refractivity contribution < 1.29 is 14.3 Å². The Hall–Kier alpha value is -3.19. The fourth-order valence-electron chi connectivity index (χ4n) is 3.69. The van der Waals surface area contributed by atoms with Crippen LogP contribution in [0.5, 0.6) is 5.75 Å². The molecule has 0 aliphatic heterocycles. The SMILES string of the molecule is NC(=O)c1ccccc1OCc1cccc(C(=O)Nc2nc3c(s2)CCCCCC3)c1. The molecule has 2 aromatic carbocycles. The van der Waals surface area contributed by atoms with Crippen molar-refractivity contribution in [2.75, 3.05) is 5.32 Å². The van der Waals surface area contributed by atoms with E-state index in [2.05, 4.69) is 10.3 Å². The molecule has 0 saturated heterocycles. The maximum Gasteiger partial charge on any atom is 0.257 e. The molecule has 6 nitrogen and oxygen atoms in total. The van der Waals surface area contributed by atoms with Crippen molar-refractivity contribution >= 4 is 28.3 Å². The predicted molar refractivity (Wildman–Crippen MR) is 122 cm³/mol. The van der Waals surface area contributed by atoms with E-state index in [1.807, 2.05) is 12.1 Å². The van der Waals surface area contributed by atoms with Gasteiger partial charge in [0.15, 0.2) is 5.13 Å². The van der Waals surface area contributed by atoms with E-state index in [1.54, 1.807) is 47.7 Å². The molecule has 7 heteroatoms. The van der Waals surface area contributed by atoms with Crippen molar-refractivity contribution in [1.82, 2.24) is 4.98 Å². The summed E-state index contributed by atoms with van der Waals surface area (Å²) in [6, 6.07) is 14.1. The summed E-state index contributed by atoms with van der Waals surface area (Å²) in [5.41, 5.74) is 8.21. The van der Waals surface area contributed by atoms with Gasteiger partial charge in [0.1, 0.15) is 12.4 Å². The zero-order valence-electron chi connectivity index (χ0n) is 17.2. The highest BCUT2D eigenvalue weighted by atomic mass is 32.1. The van der Waals surface area contributed by atoms with Gasteiger partial charge < -0.3 is 10.5 Å². The molecule has 1 aliphatic rings. The second kappa shape index (κ2) is 9.75. The number of thiazole rings is 1. The smallest absolute Gasteiger partial charge is 0.257 e. The largest absolute Gasteiger partial charge is 0.488 e. The molecular formula is C24H25N3O3S. The van der Waals surface area contributed by atoms with E-state index >= 15 is 0 Å². The van der Waals surface area contributed by atoms with Gasteiger partial charge in [-0.1, -0.05) is 37.1 Å². The molecule has 0 fully saturated rings. The van der Waals surface area contributed by atoms with Crippen LogP contribution < -0.4 is 15.8 Å². The van der Waals surface area contributed by atoms with Crippen LogP contribution in [0, 0.1) is 0 Å². The number of anilines is 1. The first-order valence-corrected chi connectivity index (χ1v) is 11.3. The van der Waals surface area contributed by atoms with Crippen molar-refractivity contribution in [1.29, 1.82) is 0 Å². The highest BCUT2D eigenvalue weighted by Crippen LogP contribution is 2.29. The zero-order chi connectivity index (χ0) is 21.6. The van der Waals surface area contributed by atoms with Gasteiger partial charge in [-0.2, -0.15) is 0 Å². The number of benzene rings is 2. The number of carbonyl (C=O) groups is 2. The number of rotatable bonds is 6. The summed E-state index contributed by atoms with van der Waals surface area (Å²) in [5.74, 6) is -0.313. The van der Waals surface area contributed by atoms with Crippen LogP contribution in [-0.4, -0.2) is 16.8 Å². The number of primary amides is 1. The van der Waals surface area contributed by atoms with Crippen molar-refractivity contribution in [3.05, 3.63) is 75.8 Å².